The van der Waals surface area contributed by atoms with Crippen LogP contribution in [0.3, 0.4) is 0 Å². The van der Waals surface area contributed by atoms with Crippen molar-refractivity contribution in [2.75, 3.05) is 25.6 Å². The number of likely N-dealkylation sites (N-methyl/N-ethyl adjacent to an activating group) is 1. The summed E-state index contributed by atoms with van der Waals surface area (Å²) >= 11 is 7.52. The van der Waals surface area contributed by atoms with E-state index in [1.54, 1.807) is 6.92 Å². The third-order valence-electron chi connectivity index (χ3n) is 2.84. The van der Waals surface area contributed by atoms with Crippen molar-refractivity contribution in [1.29, 1.82) is 0 Å². The summed E-state index contributed by atoms with van der Waals surface area (Å²) in [6, 6.07) is 0. The van der Waals surface area contributed by atoms with Crippen molar-refractivity contribution in [2.24, 2.45) is 0 Å². The molecule has 0 bridgehead atoms. The zero-order chi connectivity index (χ0) is 15.6. The highest BCUT2D eigenvalue weighted by atomic mass is 32.2. The lowest BCUT2D eigenvalue weighted by Gasteiger charge is -2.12. The fourth-order valence-corrected chi connectivity index (χ4v) is 4.46. The summed E-state index contributed by atoms with van der Waals surface area (Å²) in [5.74, 6) is -0.664. The van der Waals surface area contributed by atoms with Crippen LogP contribution in [0.2, 0.25) is 0 Å². The number of thiocarbonyl (C=S) groups is 1. The predicted octanol–water partition coefficient (Wildman–Crippen LogP) is 1.17. The van der Waals surface area contributed by atoms with Gasteiger partial charge >= 0.3 is 5.97 Å². The first kappa shape index (κ1) is 16.3. The minimum atomic E-state index is -0.450. The Bertz CT molecular complexity index is 547. The Hall–Kier alpha value is -1.06. The smallest absolute Gasteiger partial charge is 0.325 e. The van der Waals surface area contributed by atoms with E-state index in [9.17, 15) is 14.4 Å². The lowest BCUT2D eigenvalue weighted by atomic mass is 10.4. The quantitative estimate of drug-likeness (QED) is 0.430. The van der Waals surface area contributed by atoms with Gasteiger partial charge in [-0.05, 0) is 13.8 Å². The van der Waals surface area contributed by atoms with Gasteiger partial charge in [0.15, 0.2) is 0 Å². The predicted molar refractivity (Wildman–Crippen MR) is 85.4 cm³/mol. The third-order valence-corrected chi connectivity index (χ3v) is 5.53. The fraction of sp³-hybridized carbons (Fsp3) is 0.500. The molecule has 0 aromatic carbocycles. The molecule has 2 amide bonds. The van der Waals surface area contributed by atoms with Crippen molar-refractivity contribution >= 4 is 57.8 Å². The van der Waals surface area contributed by atoms with Gasteiger partial charge in [-0.15, -0.1) is 0 Å². The van der Waals surface area contributed by atoms with Crippen LogP contribution in [0.25, 0.3) is 0 Å². The van der Waals surface area contributed by atoms with E-state index in [1.807, 2.05) is 6.92 Å². The van der Waals surface area contributed by atoms with Crippen molar-refractivity contribution in [3.05, 3.63) is 9.81 Å². The van der Waals surface area contributed by atoms with E-state index in [0.29, 0.717) is 26.6 Å². The second-order valence-electron chi connectivity index (χ2n) is 4.16. The molecule has 9 heteroatoms. The minimum absolute atomic E-state index is 0.1000. The zero-order valence-electron chi connectivity index (χ0n) is 11.6. The number of esters is 1. The fourth-order valence-electron chi connectivity index (χ4n) is 1.86. The summed E-state index contributed by atoms with van der Waals surface area (Å²) in [7, 11) is 0. The SMILES string of the molecule is CCOC(=O)CN1CS/C(=C2/SC(=S)N(CC)C2=O)C1=O. The van der Waals surface area contributed by atoms with E-state index in [-0.39, 0.29) is 25.0 Å². The first-order valence-electron chi connectivity index (χ1n) is 6.35. The number of thioether (sulfide) groups is 2. The molecule has 0 N–H and O–H groups in total. The summed E-state index contributed by atoms with van der Waals surface area (Å²) in [6.07, 6.45) is 0. The van der Waals surface area contributed by atoms with Crippen LogP contribution in [0.1, 0.15) is 13.8 Å². The molecule has 0 aromatic heterocycles. The van der Waals surface area contributed by atoms with Crippen LogP contribution in [0.15, 0.2) is 9.81 Å². The molecule has 0 aromatic rings. The largest absolute Gasteiger partial charge is 0.465 e. The topological polar surface area (TPSA) is 66.9 Å². The molecule has 2 aliphatic heterocycles. The van der Waals surface area contributed by atoms with Crippen molar-refractivity contribution in [1.82, 2.24) is 9.80 Å². The van der Waals surface area contributed by atoms with E-state index in [1.165, 1.54) is 21.6 Å². The van der Waals surface area contributed by atoms with E-state index in [4.69, 9.17) is 17.0 Å². The van der Waals surface area contributed by atoms with Crippen LogP contribution in [-0.4, -0.2) is 57.5 Å². The first-order chi connectivity index (χ1) is 9.99. The van der Waals surface area contributed by atoms with E-state index in [2.05, 4.69) is 0 Å². The van der Waals surface area contributed by atoms with Gasteiger partial charge in [0.05, 0.1) is 22.3 Å². The lowest BCUT2D eigenvalue weighted by Crippen LogP contribution is -2.32. The Morgan fingerprint density at radius 3 is 2.57 bits per heavy atom. The van der Waals surface area contributed by atoms with Crippen molar-refractivity contribution < 1.29 is 19.1 Å². The first-order valence-corrected chi connectivity index (χ1v) is 8.56. The van der Waals surface area contributed by atoms with Gasteiger partial charge in [-0.3, -0.25) is 19.3 Å². The number of nitrogens with zero attached hydrogens (tertiary/aromatic N) is 2. The van der Waals surface area contributed by atoms with Crippen LogP contribution in [0.5, 0.6) is 0 Å². The molecule has 0 radical (unpaired) electrons. The van der Waals surface area contributed by atoms with E-state index < -0.39 is 5.97 Å². The van der Waals surface area contributed by atoms with Crippen molar-refractivity contribution in [3.63, 3.8) is 0 Å². The molecule has 2 aliphatic rings. The molecule has 2 rings (SSSR count). The molecule has 114 valence electrons. The molecule has 0 spiro atoms. The standard InChI is InChI=1S/C12H14N2O4S3/c1-3-14-11(17)9(21-12(14)19)8-10(16)13(6-20-8)5-7(15)18-4-2/h3-6H2,1-2H3/b9-8+. The number of carbonyl (C=O) groups excluding carboxylic acids is 3. The van der Waals surface area contributed by atoms with Crippen LogP contribution < -0.4 is 0 Å². The Morgan fingerprint density at radius 2 is 2.00 bits per heavy atom. The highest BCUT2D eigenvalue weighted by Gasteiger charge is 2.39. The summed E-state index contributed by atoms with van der Waals surface area (Å²) in [6.45, 7) is 4.19. The minimum Gasteiger partial charge on any atom is -0.465 e. The molecule has 21 heavy (non-hydrogen) atoms. The van der Waals surface area contributed by atoms with Crippen LogP contribution >= 0.6 is 35.7 Å². The monoisotopic (exact) mass is 346 g/mol. The normalized spacial score (nSPS) is 22.5. The maximum absolute atomic E-state index is 12.3. The number of ether oxygens (including phenoxy) is 1. The second-order valence-corrected chi connectivity index (χ2v) is 6.76. The van der Waals surface area contributed by atoms with Gasteiger partial charge in [0.2, 0.25) is 0 Å². The number of hydrogen-bond acceptors (Lipinski definition) is 7. The molecule has 6 nitrogen and oxygen atoms in total. The van der Waals surface area contributed by atoms with Crippen molar-refractivity contribution in [3.8, 4) is 0 Å². The Labute approximate surface area is 136 Å². The Kier molecular flexibility index (Phi) is 5.28. The molecule has 0 saturated carbocycles. The van der Waals surface area contributed by atoms with Crippen LogP contribution in [-0.2, 0) is 19.1 Å². The molecule has 0 unspecified atom stereocenters. The molecule has 2 saturated heterocycles. The van der Waals surface area contributed by atoms with E-state index >= 15 is 0 Å². The lowest BCUT2D eigenvalue weighted by molar-refractivity contribution is -0.147. The summed E-state index contributed by atoms with van der Waals surface area (Å²) in [4.78, 5) is 39.5. The molecule has 2 heterocycles. The van der Waals surface area contributed by atoms with Gasteiger partial charge in [0.25, 0.3) is 11.8 Å². The van der Waals surface area contributed by atoms with Crippen LogP contribution in [0, 0.1) is 0 Å². The van der Waals surface area contributed by atoms with E-state index in [0.717, 1.165) is 11.8 Å². The number of amides is 2. The summed E-state index contributed by atoms with van der Waals surface area (Å²) in [5, 5.41) is 0. The van der Waals surface area contributed by atoms with Gasteiger partial charge in [0, 0.05) is 6.54 Å². The molecular weight excluding hydrogens is 332 g/mol. The Morgan fingerprint density at radius 1 is 1.29 bits per heavy atom. The molecule has 0 aliphatic carbocycles. The number of hydrogen-bond donors (Lipinski definition) is 0. The zero-order valence-corrected chi connectivity index (χ0v) is 14.0. The second kappa shape index (κ2) is 6.80. The van der Waals surface area contributed by atoms with Gasteiger partial charge in [-0.2, -0.15) is 0 Å². The molecule has 2 fully saturated rings. The highest BCUT2D eigenvalue weighted by Crippen LogP contribution is 2.40. The average Bonchev–Trinajstić information content (AvgIpc) is 2.91. The third kappa shape index (κ3) is 3.24. The highest BCUT2D eigenvalue weighted by molar-refractivity contribution is 8.27. The number of rotatable bonds is 4. The van der Waals surface area contributed by atoms with Crippen molar-refractivity contribution in [2.45, 2.75) is 13.8 Å². The molecular formula is C12H14N2O4S3. The van der Waals surface area contributed by atoms with Gasteiger partial charge in [-0.25, -0.2) is 0 Å². The summed E-state index contributed by atoms with van der Waals surface area (Å²) in [5.41, 5.74) is 0. The molecule has 0 atom stereocenters. The maximum atomic E-state index is 12.3. The summed E-state index contributed by atoms with van der Waals surface area (Å²) < 4.78 is 5.29. The maximum Gasteiger partial charge on any atom is 0.325 e. The van der Waals surface area contributed by atoms with Crippen LogP contribution in [0.4, 0.5) is 0 Å². The number of carbonyl (C=O) groups is 3. The van der Waals surface area contributed by atoms with Gasteiger partial charge in [-0.1, -0.05) is 35.7 Å². The average molecular weight is 346 g/mol. The van der Waals surface area contributed by atoms with Gasteiger partial charge in [0.1, 0.15) is 10.9 Å². The Balaban J connectivity index is 2.15. The van der Waals surface area contributed by atoms with Gasteiger partial charge < -0.3 is 9.64 Å².